The number of hydrogen-bond donors (Lipinski definition) is 0. The van der Waals surface area contributed by atoms with Crippen LogP contribution in [0.2, 0.25) is 5.02 Å². The largest absolute Gasteiger partial charge is 0.289 e. The number of aldehydes is 1. The van der Waals surface area contributed by atoms with E-state index in [0.29, 0.717) is 11.3 Å². The molecule has 0 aliphatic heterocycles. The van der Waals surface area contributed by atoms with Crippen molar-refractivity contribution < 1.29 is 4.79 Å². The molecule has 1 aromatic rings. The van der Waals surface area contributed by atoms with Gasteiger partial charge in [0.1, 0.15) is 0 Å². The molecule has 0 heterocycles. The van der Waals surface area contributed by atoms with Crippen molar-refractivity contribution >= 4 is 17.9 Å². The normalized spacial score (nSPS) is 8.50. The van der Waals surface area contributed by atoms with E-state index >= 15 is 0 Å². The fourth-order valence-electron chi connectivity index (χ4n) is 0.875. The van der Waals surface area contributed by atoms with Crippen molar-refractivity contribution in [3.63, 3.8) is 0 Å². The highest BCUT2D eigenvalue weighted by molar-refractivity contribution is 6.30. The summed E-state index contributed by atoms with van der Waals surface area (Å²) in [7, 11) is 0. The predicted molar refractivity (Wildman–Crippen MR) is 49.1 cm³/mol. The second-order valence-electron chi connectivity index (χ2n) is 2.35. The molecule has 0 amide bonds. The van der Waals surface area contributed by atoms with Crippen LogP contribution >= 0.6 is 11.6 Å². The molecular weight excluding hydrogens is 172 g/mol. The summed E-state index contributed by atoms with van der Waals surface area (Å²) >= 11 is 5.73. The zero-order valence-electron chi connectivity index (χ0n) is 6.60. The number of carbonyl (C=O) groups is 1. The van der Waals surface area contributed by atoms with Crippen LogP contribution in [0.1, 0.15) is 11.1 Å². The molecule has 0 fully saturated rings. The van der Waals surface area contributed by atoms with Gasteiger partial charge in [0.05, 0.1) is 0 Å². The van der Waals surface area contributed by atoms with E-state index in [1.807, 2.05) is 13.0 Å². The highest BCUT2D eigenvalue weighted by Gasteiger charge is 1.94. The van der Waals surface area contributed by atoms with Crippen LogP contribution in [0, 0.1) is 18.8 Å². The van der Waals surface area contributed by atoms with E-state index in [2.05, 4.69) is 11.8 Å². The van der Waals surface area contributed by atoms with Crippen LogP contribution in [-0.2, 0) is 4.79 Å². The fraction of sp³-hybridized carbons (Fsp3) is 0.100. The lowest BCUT2D eigenvalue weighted by molar-refractivity contribution is -0.103. The molecule has 0 atom stereocenters. The molecule has 0 aromatic heterocycles. The Morgan fingerprint density at radius 2 is 2.25 bits per heavy atom. The smallest absolute Gasteiger partial charge is 0.193 e. The topological polar surface area (TPSA) is 17.1 Å². The number of rotatable bonds is 0. The lowest BCUT2D eigenvalue weighted by Crippen LogP contribution is -1.80. The Labute approximate surface area is 76.4 Å². The molecule has 0 radical (unpaired) electrons. The third-order valence-electron chi connectivity index (χ3n) is 1.45. The van der Waals surface area contributed by atoms with Crippen LogP contribution in [0.5, 0.6) is 0 Å². The predicted octanol–water partition coefficient (Wildman–Crippen LogP) is 2.20. The first-order chi connectivity index (χ1) is 5.74. The molecule has 1 rings (SSSR count). The molecule has 1 aromatic carbocycles. The van der Waals surface area contributed by atoms with Crippen LogP contribution in [0.25, 0.3) is 0 Å². The SMILES string of the molecule is Cc1cc(Cl)ccc1C#CC=O. The van der Waals surface area contributed by atoms with E-state index in [0.717, 1.165) is 11.1 Å². The number of aryl methyl sites for hydroxylation is 1. The van der Waals surface area contributed by atoms with Gasteiger partial charge in [-0.15, -0.1) is 0 Å². The van der Waals surface area contributed by atoms with E-state index in [9.17, 15) is 4.79 Å². The standard InChI is InChI=1S/C10H7ClO/c1-8-7-10(11)5-4-9(8)3-2-6-12/h4-7H,1H3. The van der Waals surface area contributed by atoms with E-state index in [1.54, 1.807) is 12.1 Å². The Morgan fingerprint density at radius 3 is 2.83 bits per heavy atom. The fourth-order valence-corrected chi connectivity index (χ4v) is 1.10. The second kappa shape index (κ2) is 3.94. The van der Waals surface area contributed by atoms with Gasteiger partial charge in [-0.1, -0.05) is 17.5 Å². The molecule has 0 saturated heterocycles. The van der Waals surface area contributed by atoms with Crippen LogP contribution < -0.4 is 0 Å². The van der Waals surface area contributed by atoms with Crippen molar-refractivity contribution in [2.75, 3.05) is 0 Å². The lowest BCUT2D eigenvalue weighted by Gasteiger charge is -1.96. The van der Waals surface area contributed by atoms with Crippen LogP contribution in [-0.4, -0.2) is 6.29 Å². The molecule has 0 aliphatic carbocycles. The molecule has 12 heavy (non-hydrogen) atoms. The number of carbonyl (C=O) groups excluding carboxylic acids is 1. The average Bonchev–Trinajstić information content (AvgIpc) is 2.03. The lowest BCUT2D eigenvalue weighted by atomic mass is 10.1. The van der Waals surface area contributed by atoms with Gasteiger partial charge in [0.15, 0.2) is 6.29 Å². The Hall–Kier alpha value is -1.26. The van der Waals surface area contributed by atoms with Gasteiger partial charge >= 0.3 is 0 Å². The summed E-state index contributed by atoms with van der Waals surface area (Å²) in [6.07, 6.45) is 0.577. The second-order valence-corrected chi connectivity index (χ2v) is 2.78. The number of halogens is 1. The molecule has 1 nitrogen and oxygen atoms in total. The highest BCUT2D eigenvalue weighted by atomic mass is 35.5. The summed E-state index contributed by atoms with van der Waals surface area (Å²) in [6.45, 7) is 1.90. The van der Waals surface area contributed by atoms with Crippen molar-refractivity contribution in [1.82, 2.24) is 0 Å². The average molecular weight is 179 g/mol. The van der Waals surface area contributed by atoms with E-state index in [1.165, 1.54) is 0 Å². The number of hydrogen-bond acceptors (Lipinski definition) is 1. The molecule has 0 bridgehead atoms. The summed E-state index contributed by atoms with van der Waals surface area (Å²) < 4.78 is 0. The summed E-state index contributed by atoms with van der Waals surface area (Å²) in [5, 5.41) is 0.684. The monoisotopic (exact) mass is 178 g/mol. The Morgan fingerprint density at radius 1 is 1.50 bits per heavy atom. The van der Waals surface area contributed by atoms with E-state index < -0.39 is 0 Å². The molecule has 0 aliphatic rings. The molecule has 0 unspecified atom stereocenters. The van der Waals surface area contributed by atoms with Crippen molar-refractivity contribution in [2.45, 2.75) is 6.92 Å². The minimum absolute atomic E-state index is 0.577. The van der Waals surface area contributed by atoms with Crippen molar-refractivity contribution in [3.05, 3.63) is 34.3 Å². The molecule has 0 saturated carbocycles. The van der Waals surface area contributed by atoms with Crippen molar-refractivity contribution in [3.8, 4) is 11.8 Å². The summed E-state index contributed by atoms with van der Waals surface area (Å²) in [5.74, 6) is 5.06. The van der Waals surface area contributed by atoms with Gasteiger partial charge in [0, 0.05) is 10.6 Å². The van der Waals surface area contributed by atoms with Crippen molar-refractivity contribution in [2.24, 2.45) is 0 Å². The maximum atomic E-state index is 9.96. The molecule has 0 spiro atoms. The zero-order chi connectivity index (χ0) is 8.97. The maximum absolute atomic E-state index is 9.96. The quantitative estimate of drug-likeness (QED) is 0.440. The summed E-state index contributed by atoms with van der Waals surface area (Å²) in [4.78, 5) is 9.96. The Balaban J connectivity index is 3.09. The zero-order valence-corrected chi connectivity index (χ0v) is 7.35. The van der Waals surface area contributed by atoms with Gasteiger partial charge in [0.2, 0.25) is 0 Å². The van der Waals surface area contributed by atoms with Crippen LogP contribution in [0.3, 0.4) is 0 Å². The highest BCUT2D eigenvalue weighted by Crippen LogP contribution is 2.13. The van der Waals surface area contributed by atoms with Gasteiger partial charge in [-0.2, -0.15) is 0 Å². The third kappa shape index (κ3) is 2.11. The van der Waals surface area contributed by atoms with Gasteiger partial charge in [-0.25, -0.2) is 0 Å². The Kier molecular flexibility index (Phi) is 2.90. The van der Waals surface area contributed by atoms with Gasteiger partial charge in [0.25, 0.3) is 0 Å². The maximum Gasteiger partial charge on any atom is 0.193 e. The van der Waals surface area contributed by atoms with Crippen molar-refractivity contribution in [1.29, 1.82) is 0 Å². The van der Waals surface area contributed by atoms with E-state index in [4.69, 9.17) is 11.6 Å². The first kappa shape index (κ1) is 8.83. The molecule has 60 valence electrons. The minimum Gasteiger partial charge on any atom is -0.289 e. The van der Waals surface area contributed by atoms with Gasteiger partial charge < -0.3 is 0 Å². The minimum atomic E-state index is 0.577. The number of benzene rings is 1. The first-order valence-electron chi connectivity index (χ1n) is 3.45. The van der Waals surface area contributed by atoms with Gasteiger partial charge in [-0.3, -0.25) is 4.79 Å². The van der Waals surface area contributed by atoms with Crippen LogP contribution in [0.4, 0.5) is 0 Å². The molecule has 2 heteroatoms. The van der Waals surface area contributed by atoms with Gasteiger partial charge in [-0.05, 0) is 36.6 Å². The molecule has 0 N–H and O–H groups in total. The summed E-state index contributed by atoms with van der Waals surface area (Å²) in [6, 6.07) is 5.37. The summed E-state index contributed by atoms with van der Waals surface area (Å²) in [5.41, 5.74) is 1.82. The molecular formula is C10H7ClO. The third-order valence-corrected chi connectivity index (χ3v) is 1.69. The van der Waals surface area contributed by atoms with E-state index in [-0.39, 0.29) is 0 Å². The Bertz CT molecular complexity index is 358. The van der Waals surface area contributed by atoms with Crippen LogP contribution in [0.15, 0.2) is 18.2 Å². The first-order valence-corrected chi connectivity index (χ1v) is 3.83.